The molecule has 20 nitrogen and oxygen atoms in total. The summed E-state index contributed by atoms with van der Waals surface area (Å²) < 4.78 is 39.1. The Labute approximate surface area is 413 Å². The molecule has 3 fully saturated rings. The van der Waals surface area contributed by atoms with Crippen molar-refractivity contribution in [1.29, 1.82) is 0 Å². The summed E-state index contributed by atoms with van der Waals surface area (Å²) in [7, 11) is 0. The minimum absolute atomic E-state index is 0.0544. The molecule has 1 aromatic rings. The monoisotopic (exact) mass is 994 g/mol. The van der Waals surface area contributed by atoms with E-state index in [0.29, 0.717) is 59.2 Å². The minimum Gasteiger partial charge on any atom is -0.466 e. The number of hydrogen-bond donors (Lipinski definition) is 1. The number of ketones is 2. The summed E-state index contributed by atoms with van der Waals surface area (Å²) in [6.45, 7) is 29.9. The average Bonchev–Trinajstić information content (AvgIpc) is 4.00. The first-order valence-corrected chi connectivity index (χ1v) is 23.7. The van der Waals surface area contributed by atoms with E-state index < -0.39 is 70.7 Å². The third kappa shape index (κ3) is 23.8. The van der Waals surface area contributed by atoms with Gasteiger partial charge in [0.15, 0.2) is 0 Å². The number of nitrogens with zero attached hydrogens (tertiary/aromatic N) is 2. The van der Waals surface area contributed by atoms with Gasteiger partial charge in [0.05, 0.1) is 50.1 Å². The molecule has 3 heterocycles. The van der Waals surface area contributed by atoms with Crippen molar-refractivity contribution in [2.24, 2.45) is 35.5 Å². The fraction of sp³-hybridized carbons (Fsp3) is 0.700. The maximum absolute atomic E-state index is 12.1. The molecule has 3 saturated heterocycles. The molecule has 396 valence electrons. The maximum atomic E-state index is 12.1. The van der Waals surface area contributed by atoms with E-state index in [-0.39, 0.29) is 48.5 Å². The third-order valence-electron chi connectivity index (χ3n) is 10.2. The topological polar surface area (TPSA) is 246 Å². The fourth-order valence-corrected chi connectivity index (χ4v) is 7.22. The number of amides is 1. The molecule has 0 unspecified atom stereocenters. The van der Waals surface area contributed by atoms with Crippen LogP contribution in [0.2, 0.25) is 0 Å². The van der Waals surface area contributed by atoms with Crippen LogP contribution < -0.4 is 5.32 Å². The van der Waals surface area contributed by atoms with Crippen molar-refractivity contribution in [3.63, 3.8) is 0 Å². The molecule has 1 N–H and O–H groups in total. The number of Topliss-reactive ketones (excluding diaryl/α,β-unsaturated/α-hetero) is 2. The highest BCUT2D eigenvalue weighted by atomic mass is 16.8. The van der Waals surface area contributed by atoms with Gasteiger partial charge in [-0.05, 0) is 109 Å². The first-order valence-electron chi connectivity index (χ1n) is 23.7. The SMILES string of the molecule is CC(=O)[C@H]1CN(C(=O)OC(C)(C)C)C[C@@H]1C(C)=O.CC(C)(C)OC(=O)OC(=O)OC(C)(C)C.CCOC(=O)[C@H]1CN(Cc2ccccc2)C[C@@H]1C(=O)OCC.CCOC(=O)[C@H]1CNC[C@@H]1C(=O)OCC. The Morgan fingerprint density at radius 3 is 1.16 bits per heavy atom. The van der Waals surface area contributed by atoms with Crippen LogP contribution >= 0.6 is 0 Å². The Balaban J connectivity index is 0.000000473. The summed E-state index contributed by atoms with van der Waals surface area (Å²) in [6.07, 6.45) is -2.58. The number of nitrogens with one attached hydrogen (secondary N) is 1. The molecule has 0 aliphatic carbocycles. The van der Waals surface area contributed by atoms with E-state index in [0.717, 1.165) is 5.56 Å². The zero-order valence-electron chi connectivity index (χ0n) is 44.0. The van der Waals surface area contributed by atoms with Crippen LogP contribution in [0.5, 0.6) is 0 Å². The lowest BCUT2D eigenvalue weighted by Gasteiger charge is -2.24. The Morgan fingerprint density at radius 2 is 0.843 bits per heavy atom. The Morgan fingerprint density at radius 1 is 0.500 bits per heavy atom. The first-order chi connectivity index (χ1) is 32.5. The van der Waals surface area contributed by atoms with Gasteiger partial charge in [-0.2, -0.15) is 0 Å². The number of carbonyl (C=O) groups excluding carboxylic acids is 9. The van der Waals surface area contributed by atoms with E-state index >= 15 is 0 Å². The van der Waals surface area contributed by atoms with Crippen LogP contribution in [0.25, 0.3) is 0 Å². The van der Waals surface area contributed by atoms with Crippen molar-refractivity contribution in [2.45, 2.75) is 127 Å². The lowest BCUT2D eigenvalue weighted by atomic mass is 9.90. The van der Waals surface area contributed by atoms with Gasteiger partial charge in [0.1, 0.15) is 28.4 Å². The minimum atomic E-state index is -1.06. The summed E-state index contributed by atoms with van der Waals surface area (Å²) in [5, 5.41) is 3.00. The van der Waals surface area contributed by atoms with Gasteiger partial charge in [0.25, 0.3) is 0 Å². The highest BCUT2D eigenvalue weighted by Crippen LogP contribution is 2.29. The molecule has 4 rings (SSSR count). The van der Waals surface area contributed by atoms with Crippen molar-refractivity contribution in [1.82, 2.24) is 15.1 Å². The zero-order chi connectivity index (χ0) is 53.6. The highest BCUT2D eigenvalue weighted by Gasteiger charge is 2.44. The van der Waals surface area contributed by atoms with Gasteiger partial charge in [0, 0.05) is 57.6 Å². The molecule has 3 aliphatic rings. The lowest BCUT2D eigenvalue weighted by molar-refractivity contribution is -0.157. The van der Waals surface area contributed by atoms with Crippen LogP contribution in [0.15, 0.2) is 30.3 Å². The van der Waals surface area contributed by atoms with Gasteiger partial charge in [-0.25, -0.2) is 14.4 Å². The summed E-state index contributed by atoms with van der Waals surface area (Å²) >= 11 is 0. The zero-order valence-corrected chi connectivity index (χ0v) is 44.0. The van der Waals surface area contributed by atoms with Crippen molar-refractivity contribution >= 4 is 53.8 Å². The fourth-order valence-electron chi connectivity index (χ4n) is 7.22. The molecule has 3 aliphatic heterocycles. The van der Waals surface area contributed by atoms with Gasteiger partial charge < -0.3 is 48.1 Å². The number of carbonyl (C=O) groups is 9. The van der Waals surface area contributed by atoms with Crippen LogP contribution in [0, 0.1) is 35.5 Å². The number of esters is 4. The number of likely N-dealkylation sites (tertiary alicyclic amines) is 2. The second-order valence-electron chi connectivity index (χ2n) is 19.6. The molecular formula is C50H79N3O17. The second-order valence-corrected chi connectivity index (χ2v) is 19.6. The Bertz CT molecular complexity index is 1790. The molecule has 1 aromatic carbocycles. The van der Waals surface area contributed by atoms with Crippen LogP contribution in [0.3, 0.4) is 0 Å². The molecule has 0 aromatic heterocycles. The standard InChI is InChI=1S/C17H23NO4.C13H21NO4.C10H17NO4.C10H18O5/c1-3-21-16(19)14-11-18(10-13-8-6-5-7-9-13)12-15(14)17(20)22-4-2;1-8(15)10-6-14(7-11(10)9(2)16)12(17)18-13(3,4)5;1-3-14-9(12)7-5-11-6-8(7)10(13)15-4-2;1-9(2,3)14-7(11)13-8(12)15-10(4,5)6/h5-9,14-15H,3-4,10-12H2,1-2H3;10-11H,6-7H2,1-5H3;7-8,11H,3-6H2,1-2H3;1-6H3/t14-,15-;10-,11-;7-,8-;/m010./s1. The molecule has 70 heavy (non-hydrogen) atoms. The first kappa shape index (κ1) is 62.4. The van der Waals surface area contributed by atoms with Crippen molar-refractivity contribution in [3.05, 3.63) is 35.9 Å². The average molecular weight is 994 g/mol. The van der Waals surface area contributed by atoms with Crippen LogP contribution in [-0.4, -0.2) is 146 Å². The second kappa shape index (κ2) is 29.5. The Kier molecular flexibility index (Phi) is 26.3. The van der Waals surface area contributed by atoms with Gasteiger partial charge >= 0.3 is 42.3 Å². The number of ether oxygens (including phenoxy) is 8. The molecule has 0 saturated carbocycles. The molecule has 0 radical (unpaired) electrons. The van der Waals surface area contributed by atoms with E-state index in [2.05, 4.69) is 15.0 Å². The largest absolute Gasteiger partial charge is 0.519 e. The molecule has 0 bridgehead atoms. The van der Waals surface area contributed by atoms with Gasteiger partial charge in [0.2, 0.25) is 0 Å². The number of rotatable bonds is 12. The predicted octanol–water partition coefficient (Wildman–Crippen LogP) is 6.33. The number of benzene rings is 1. The van der Waals surface area contributed by atoms with Crippen LogP contribution in [0.4, 0.5) is 14.4 Å². The molecular weight excluding hydrogens is 915 g/mol. The van der Waals surface area contributed by atoms with Gasteiger partial charge in [-0.15, -0.1) is 0 Å². The Hall–Kier alpha value is -5.63. The van der Waals surface area contributed by atoms with Crippen molar-refractivity contribution in [3.8, 4) is 0 Å². The van der Waals surface area contributed by atoms with Crippen molar-refractivity contribution in [2.75, 3.05) is 65.7 Å². The smallest absolute Gasteiger partial charge is 0.466 e. The third-order valence-corrected chi connectivity index (χ3v) is 10.2. The summed E-state index contributed by atoms with van der Waals surface area (Å²) in [5.74, 6) is -3.83. The van der Waals surface area contributed by atoms with E-state index in [1.165, 1.54) is 18.7 Å². The highest BCUT2D eigenvalue weighted by molar-refractivity contribution is 5.89. The summed E-state index contributed by atoms with van der Waals surface area (Å²) in [6, 6.07) is 10.0. The normalized spacial score (nSPS) is 20.8. The molecule has 0 spiro atoms. The van der Waals surface area contributed by atoms with Gasteiger partial charge in [-0.3, -0.25) is 33.7 Å². The molecule has 1 amide bonds. The van der Waals surface area contributed by atoms with Gasteiger partial charge in [-0.1, -0.05) is 30.3 Å². The quantitative estimate of drug-likeness (QED) is 0.137. The van der Waals surface area contributed by atoms with E-state index in [1.807, 2.05) is 30.3 Å². The van der Waals surface area contributed by atoms with Crippen LogP contribution in [0.1, 0.15) is 109 Å². The van der Waals surface area contributed by atoms with Crippen LogP contribution in [-0.2, 0) is 73.2 Å². The van der Waals surface area contributed by atoms with E-state index in [9.17, 15) is 43.2 Å². The predicted molar refractivity (Wildman–Crippen MR) is 255 cm³/mol. The summed E-state index contributed by atoms with van der Waals surface area (Å²) in [5.41, 5.74) is -0.801. The number of hydrogen-bond acceptors (Lipinski definition) is 19. The summed E-state index contributed by atoms with van der Waals surface area (Å²) in [4.78, 5) is 108. The van der Waals surface area contributed by atoms with Crippen molar-refractivity contribution < 1.29 is 81.0 Å². The maximum Gasteiger partial charge on any atom is 0.519 e. The lowest BCUT2D eigenvalue weighted by Crippen LogP contribution is -2.36. The molecule has 20 heteroatoms. The van der Waals surface area contributed by atoms with E-state index in [4.69, 9.17) is 33.2 Å². The van der Waals surface area contributed by atoms with E-state index in [1.54, 1.807) is 90.0 Å². The molecule has 6 atom stereocenters.